The van der Waals surface area contributed by atoms with E-state index in [4.69, 9.17) is 4.74 Å². The summed E-state index contributed by atoms with van der Waals surface area (Å²) in [7, 11) is 1.44. The minimum atomic E-state index is -0.635. The molecule has 0 saturated heterocycles. The first kappa shape index (κ1) is 16.3. The van der Waals surface area contributed by atoms with Gasteiger partial charge in [-0.3, -0.25) is 4.79 Å². The predicted molar refractivity (Wildman–Crippen MR) is 100 cm³/mol. The summed E-state index contributed by atoms with van der Waals surface area (Å²) in [5.41, 5.74) is 2.09. The van der Waals surface area contributed by atoms with Crippen molar-refractivity contribution in [2.75, 3.05) is 12.4 Å². The number of hydrogen-bond donors (Lipinski definition) is 2. The molecule has 0 aliphatic heterocycles. The number of amides is 1. The summed E-state index contributed by atoms with van der Waals surface area (Å²) in [5, 5.41) is 4.69. The van der Waals surface area contributed by atoms with Crippen LogP contribution in [0, 0.1) is 5.82 Å². The lowest BCUT2D eigenvalue weighted by Gasteiger charge is -2.07. The maximum Gasteiger partial charge on any atom is 0.258 e. The van der Waals surface area contributed by atoms with Crippen LogP contribution in [0.5, 0.6) is 5.75 Å². The Kier molecular flexibility index (Phi) is 4.14. The summed E-state index contributed by atoms with van der Waals surface area (Å²) in [6.45, 7) is 0. The molecule has 2 N–H and O–H groups in total. The van der Waals surface area contributed by atoms with Crippen LogP contribution in [0.4, 0.5) is 10.1 Å². The molecule has 26 heavy (non-hydrogen) atoms. The van der Waals surface area contributed by atoms with Gasteiger partial charge in [-0.1, -0.05) is 6.07 Å². The fourth-order valence-corrected chi connectivity index (χ4v) is 3.29. The van der Waals surface area contributed by atoms with Gasteiger partial charge in [-0.2, -0.15) is 0 Å². The van der Waals surface area contributed by atoms with Crippen LogP contribution in [-0.4, -0.2) is 23.0 Å². The number of aromatic amines is 1. The highest BCUT2D eigenvalue weighted by Crippen LogP contribution is 2.26. The van der Waals surface area contributed by atoms with E-state index < -0.39 is 11.7 Å². The molecule has 1 amide bonds. The Labute approximate surface area is 152 Å². The van der Waals surface area contributed by atoms with Crippen molar-refractivity contribution < 1.29 is 13.9 Å². The smallest absolute Gasteiger partial charge is 0.258 e. The molecule has 5 nitrogen and oxygen atoms in total. The van der Waals surface area contributed by atoms with Crippen LogP contribution in [0.15, 0.2) is 53.9 Å². The molecule has 130 valence electrons. The number of anilines is 1. The summed E-state index contributed by atoms with van der Waals surface area (Å²) < 4.78 is 19.0. The number of benzene rings is 2. The zero-order valence-corrected chi connectivity index (χ0v) is 14.6. The maximum absolute atomic E-state index is 14.0. The van der Waals surface area contributed by atoms with E-state index in [0.29, 0.717) is 11.4 Å². The minimum Gasteiger partial charge on any atom is -0.497 e. The molecule has 7 heteroatoms. The van der Waals surface area contributed by atoms with Crippen LogP contribution in [0.25, 0.3) is 21.7 Å². The molecule has 0 aliphatic carbocycles. The maximum atomic E-state index is 14.0. The number of aromatic nitrogens is 2. The molecular formula is C19H14FN3O2S. The molecule has 0 radical (unpaired) electrons. The van der Waals surface area contributed by atoms with Gasteiger partial charge in [0.25, 0.3) is 5.91 Å². The van der Waals surface area contributed by atoms with E-state index in [1.165, 1.54) is 19.2 Å². The highest BCUT2D eigenvalue weighted by molar-refractivity contribution is 7.13. The second kappa shape index (κ2) is 6.61. The molecule has 4 aromatic rings. The molecule has 0 saturated carbocycles. The number of carbonyl (C=O) groups is 1. The minimum absolute atomic E-state index is 0.0465. The fourth-order valence-electron chi connectivity index (χ4n) is 2.62. The Hall–Kier alpha value is -3.19. The number of carbonyl (C=O) groups excluding carboxylic acids is 1. The van der Waals surface area contributed by atoms with Crippen molar-refractivity contribution in [2.24, 2.45) is 0 Å². The van der Waals surface area contributed by atoms with Crippen molar-refractivity contribution >= 4 is 34.0 Å². The molecule has 2 aromatic carbocycles. The van der Waals surface area contributed by atoms with Crippen LogP contribution >= 0.6 is 11.3 Å². The third kappa shape index (κ3) is 3.04. The number of nitrogens with one attached hydrogen (secondary N) is 2. The van der Waals surface area contributed by atoms with E-state index in [1.54, 1.807) is 29.5 Å². The normalized spacial score (nSPS) is 10.8. The molecule has 4 rings (SSSR count). The Bertz CT molecular complexity index is 1090. The molecule has 0 unspecified atom stereocenters. The van der Waals surface area contributed by atoms with Gasteiger partial charge in [0.15, 0.2) is 0 Å². The second-order valence-corrected chi connectivity index (χ2v) is 6.54. The molecule has 0 fully saturated rings. The number of ether oxygens (including phenoxy) is 1. The first-order valence-corrected chi connectivity index (χ1v) is 8.70. The molecule has 2 aromatic heterocycles. The molecule has 0 bridgehead atoms. The quantitative estimate of drug-likeness (QED) is 0.550. The number of hydrogen-bond acceptors (Lipinski definition) is 4. The Morgan fingerprint density at radius 3 is 2.85 bits per heavy atom. The van der Waals surface area contributed by atoms with E-state index in [2.05, 4.69) is 15.3 Å². The van der Waals surface area contributed by atoms with E-state index in [9.17, 15) is 9.18 Å². The van der Waals surface area contributed by atoms with E-state index in [1.807, 2.05) is 23.6 Å². The zero-order chi connectivity index (χ0) is 18.1. The van der Waals surface area contributed by atoms with Crippen LogP contribution in [-0.2, 0) is 0 Å². The lowest BCUT2D eigenvalue weighted by molar-refractivity contribution is 0.102. The van der Waals surface area contributed by atoms with Gasteiger partial charge in [-0.25, -0.2) is 9.37 Å². The van der Waals surface area contributed by atoms with Crippen LogP contribution in [0.2, 0.25) is 0 Å². The lowest BCUT2D eigenvalue weighted by Crippen LogP contribution is -2.13. The van der Waals surface area contributed by atoms with Gasteiger partial charge >= 0.3 is 0 Å². The standard InChI is InChI=1S/C19H14FN3O2S/c1-25-12-5-6-13(14(20)10-12)19(24)21-11-4-7-15-16(9-11)23-18(22-15)17-3-2-8-26-17/h2-10H,1H3,(H,21,24)(H,22,23). The van der Waals surface area contributed by atoms with Crippen molar-refractivity contribution in [1.29, 1.82) is 0 Å². The van der Waals surface area contributed by atoms with Gasteiger partial charge in [0.1, 0.15) is 17.4 Å². The van der Waals surface area contributed by atoms with Crippen LogP contribution in [0.3, 0.4) is 0 Å². The number of nitrogens with zero attached hydrogens (tertiary/aromatic N) is 1. The Morgan fingerprint density at radius 1 is 1.23 bits per heavy atom. The number of imidazole rings is 1. The van der Waals surface area contributed by atoms with Crippen molar-refractivity contribution in [1.82, 2.24) is 9.97 Å². The predicted octanol–water partition coefficient (Wildman–Crippen LogP) is 4.69. The van der Waals surface area contributed by atoms with Crippen molar-refractivity contribution in [3.8, 4) is 16.5 Å². The summed E-state index contributed by atoms with van der Waals surface area (Å²) in [5.74, 6) is -0.0225. The summed E-state index contributed by atoms with van der Waals surface area (Å²) in [4.78, 5) is 21.2. The van der Waals surface area contributed by atoms with Crippen molar-refractivity contribution in [3.05, 3.63) is 65.3 Å². The number of halogens is 1. The average molecular weight is 367 g/mol. The summed E-state index contributed by atoms with van der Waals surface area (Å²) in [6.07, 6.45) is 0. The van der Waals surface area contributed by atoms with Crippen molar-refractivity contribution in [3.63, 3.8) is 0 Å². The van der Waals surface area contributed by atoms with E-state index in [0.717, 1.165) is 21.7 Å². The number of H-pyrrole nitrogens is 1. The third-order valence-electron chi connectivity index (χ3n) is 3.92. The van der Waals surface area contributed by atoms with Gasteiger partial charge in [-0.15, -0.1) is 11.3 Å². The Balaban J connectivity index is 1.60. The number of methoxy groups -OCH3 is 1. The first-order chi connectivity index (χ1) is 12.6. The van der Waals surface area contributed by atoms with Gasteiger partial charge in [-0.05, 0) is 41.8 Å². The summed E-state index contributed by atoms with van der Waals surface area (Å²) in [6, 6.07) is 13.4. The SMILES string of the molecule is COc1ccc(C(=O)Nc2ccc3nc(-c4cccs4)[nH]c3c2)c(F)c1. The largest absolute Gasteiger partial charge is 0.497 e. The topological polar surface area (TPSA) is 67.0 Å². The van der Waals surface area contributed by atoms with Gasteiger partial charge < -0.3 is 15.0 Å². The van der Waals surface area contributed by atoms with E-state index >= 15 is 0 Å². The van der Waals surface area contributed by atoms with Gasteiger partial charge in [0.2, 0.25) is 0 Å². The molecule has 0 atom stereocenters. The second-order valence-electron chi connectivity index (χ2n) is 5.59. The molecule has 0 aliphatic rings. The average Bonchev–Trinajstić information content (AvgIpc) is 3.30. The first-order valence-electron chi connectivity index (χ1n) is 7.82. The number of fused-ring (bicyclic) bond motifs is 1. The van der Waals surface area contributed by atoms with Crippen LogP contribution < -0.4 is 10.1 Å². The summed E-state index contributed by atoms with van der Waals surface area (Å²) >= 11 is 1.59. The fraction of sp³-hybridized carbons (Fsp3) is 0.0526. The van der Waals surface area contributed by atoms with E-state index in [-0.39, 0.29) is 5.56 Å². The third-order valence-corrected chi connectivity index (χ3v) is 4.79. The Morgan fingerprint density at radius 2 is 2.12 bits per heavy atom. The van der Waals surface area contributed by atoms with Gasteiger partial charge in [0.05, 0.1) is 28.6 Å². The highest BCUT2D eigenvalue weighted by atomic mass is 32.1. The van der Waals surface area contributed by atoms with Gasteiger partial charge in [0, 0.05) is 11.8 Å². The highest BCUT2D eigenvalue weighted by Gasteiger charge is 2.14. The zero-order valence-electron chi connectivity index (χ0n) is 13.7. The molecule has 0 spiro atoms. The molecule has 2 heterocycles. The number of rotatable bonds is 4. The lowest BCUT2D eigenvalue weighted by atomic mass is 10.2. The monoisotopic (exact) mass is 367 g/mol. The van der Waals surface area contributed by atoms with Crippen LogP contribution in [0.1, 0.15) is 10.4 Å². The molecular weight excluding hydrogens is 353 g/mol. The number of thiophene rings is 1. The van der Waals surface area contributed by atoms with Crippen molar-refractivity contribution in [2.45, 2.75) is 0 Å².